The van der Waals surface area contributed by atoms with Gasteiger partial charge in [-0.15, -0.1) is 13.2 Å². The normalized spacial score (nSPS) is 19.4. The van der Waals surface area contributed by atoms with Crippen LogP contribution < -0.4 is 4.90 Å². The molecule has 4 nitrogen and oxygen atoms in total. The second-order valence-corrected chi connectivity index (χ2v) is 5.86. The third-order valence-electron chi connectivity index (χ3n) is 3.13. The maximum atomic E-state index is 13.6. The van der Waals surface area contributed by atoms with Gasteiger partial charge >= 0.3 is 6.36 Å². The first-order valence-electron chi connectivity index (χ1n) is 6.20. The Bertz CT molecular complexity index is 715. The number of ether oxygens (including phenoxy) is 1. The zero-order valence-electron chi connectivity index (χ0n) is 10.9. The summed E-state index contributed by atoms with van der Waals surface area (Å²) in [6.45, 7) is -0.592. The summed E-state index contributed by atoms with van der Waals surface area (Å²) in [6, 6.07) is 4.26. The number of carbonyl (C=O) groups is 1. The highest BCUT2D eigenvalue weighted by Gasteiger charge is 2.37. The molecule has 2 aromatic rings. The smallest absolute Gasteiger partial charge is 0.459 e. The Kier molecular flexibility index (Phi) is 3.77. The largest absolute Gasteiger partial charge is 0.522 e. The zero-order chi connectivity index (χ0) is 15.9. The lowest BCUT2D eigenvalue weighted by Crippen LogP contribution is -2.27. The Morgan fingerprint density at radius 3 is 2.91 bits per heavy atom. The average Bonchev–Trinajstić information content (AvgIpc) is 3.00. The van der Waals surface area contributed by atoms with Gasteiger partial charge in [-0.3, -0.25) is 14.4 Å². The Hall–Kier alpha value is -1.74. The number of hydrogen-bond acceptors (Lipinski definition) is 4. The molecule has 3 rings (SSSR count). The van der Waals surface area contributed by atoms with Gasteiger partial charge in [0, 0.05) is 11.9 Å². The van der Waals surface area contributed by atoms with Crippen molar-refractivity contribution in [3.05, 3.63) is 30.3 Å². The Morgan fingerprint density at radius 1 is 1.41 bits per heavy atom. The second-order valence-electron chi connectivity index (χ2n) is 4.61. The number of carbonyl (C=O) groups excluding carboxylic acids is 1. The summed E-state index contributed by atoms with van der Waals surface area (Å²) in [5.74, 6) is -0.569. The van der Waals surface area contributed by atoms with Gasteiger partial charge < -0.3 is 4.42 Å². The van der Waals surface area contributed by atoms with Crippen molar-refractivity contribution in [3.8, 4) is 0 Å². The van der Waals surface area contributed by atoms with Crippen molar-refractivity contribution in [1.29, 1.82) is 0 Å². The topological polar surface area (TPSA) is 42.7 Å². The van der Waals surface area contributed by atoms with Crippen molar-refractivity contribution < 1.29 is 31.5 Å². The van der Waals surface area contributed by atoms with E-state index in [0.29, 0.717) is 11.1 Å². The number of para-hydroxylation sites is 1. The highest BCUT2D eigenvalue weighted by atomic mass is 32.2. The molecule has 0 N–H and O–H groups in total. The highest BCUT2D eigenvalue weighted by Crippen LogP contribution is 2.37. The molecule has 1 aliphatic heterocycles. The van der Waals surface area contributed by atoms with E-state index in [4.69, 9.17) is 4.42 Å². The van der Waals surface area contributed by atoms with E-state index in [0.717, 1.165) is 11.8 Å². The third-order valence-corrected chi connectivity index (χ3v) is 4.17. The number of amides is 1. The first kappa shape index (κ1) is 15.2. The van der Waals surface area contributed by atoms with Gasteiger partial charge in [-0.25, -0.2) is 4.39 Å². The van der Waals surface area contributed by atoms with Crippen LogP contribution in [0.25, 0.3) is 11.0 Å². The van der Waals surface area contributed by atoms with Crippen LogP contribution in [0.3, 0.4) is 0 Å². The standard InChI is InChI=1S/C13H9F4NO3S/c14-9-3-1-2-8-10(6-20-11(8)9)18-4-7(22-12(18)19)5-21-13(15,16)17/h1-3,6-7H,4-5H2/t7-/m1/s1. The molecule has 118 valence electrons. The molecule has 1 aromatic heterocycles. The van der Waals surface area contributed by atoms with E-state index >= 15 is 0 Å². The first-order valence-corrected chi connectivity index (χ1v) is 7.07. The number of thioether (sulfide) groups is 1. The molecule has 1 fully saturated rings. The molecule has 9 heteroatoms. The number of hydrogen-bond donors (Lipinski definition) is 0. The van der Waals surface area contributed by atoms with Gasteiger partial charge in [0.2, 0.25) is 0 Å². The van der Waals surface area contributed by atoms with Crippen molar-refractivity contribution in [2.75, 3.05) is 18.1 Å². The summed E-state index contributed by atoms with van der Waals surface area (Å²) in [5, 5.41) is -0.693. The fourth-order valence-electron chi connectivity index (χ4n) is 2.21. The maximum absolute atomic E-state index is 13.6. The number of rotatable bonds is 3. The van der Waals surface area contributed by atoms with E-state index in [2.05, 4.69) is 4.74 Å². The van der Waals surface area contributed by atoms with E-state index < -0.39 is 29.3 Å². The molecule has 1 aromatic carbocycles. The van der Waals surface area contributed by atoms with Gasteiger partial charge in [-0.05, 0) is 12.1 Å². The predicted octanol–water partition coefficient (Wildman–Crippen LogP) is 4.15. The molecule has 0 radical (unpaired) electrons. The summed E-state index contributed by atoms with van der Waals surface area (Å²) < 4.78 is 58.5. The molecule has 1 saturated heterocycles. The number of fused-ring (bicyclic) bond motifs is 1. The number of anilines is 1. The quantitative estimate of drug-likeness (QED) is 0.790. The van der Waals surface area contributed by atoms with Crippen molar-refractivity contribution in [2.24, 2.45) is 0 Å². The molecule has 0 unspecified atom stereocenters. The van der Waals surface area contributed by atoms with Crippen LogP contribution >= 0.6 is 11.8 Å². The van der Waals surface area contributed by atoms with E-state index in [1.807, 2.05) is 0 Å². The Balaban J connectivity index is 1.80. The van der Waals surface area contributed by atoms with Gasteiger partial charge in [-0.1, -0.05) is 17.8 Å². The highest BCUT2D eigenvalue weighted by molar-refractivity contribution is 8.14. The lowest BCUT2D eigenvalue weighted by Gasteiger charge is -2.14. The molecule has 0 spiro atoms. The molecular weight excluding hydrogens is 326 g/mol. The van der Waals surface area contributed by atoms with Crippen molar-refractivity contribution >= 4 is 33.7 Å². The molecule has 2 heterocycles. The van der Waals surface area contributed by atoms with Gasteiger partial charge in [-0.2, -0.15) is 0 Å². The minimum atomic E-state index is -4.73. The van der Waals surface area contributed by atoms with E-state index in [1.165, 1.54) is 23.3 Å². The number of nitrogens with zero attached hydrogens (tertiary/aromatic N) is 1. The summed E-state index contributed by atoms with van der Waals surface area (Å²) in [4.78, 5) is 13.2. The van der Waals surface area contributed by atoms with Crippen LogP contribution in [0.1, 0.15) is 0 Å². The first-order chi connectivity index (χ1) is 10.3. The third kappa shape index (κ3) is 2.91. The van der Waals surface area contributed by atoms with Gasteiger partial charge in [0.05, 0.1) is 17.5 Å². The van der Waals surface area contributed by atoms with Crippen molar-refractivity contribution in [2.45, 2.75) is 11.6 Å². The van der Waals surface area contributed by atoms with Crippen LogP contribution in [0.2, 0.25) is 0 Å². The number of halogens is 4. The monoisotopic (exact) mass is 335 g/mol. The fraction of sp³-hybridized carbons (Fsp3) is 0.308. The SMILES string of the molecule is O=C1S[C@@H](COC(F)(F)F)CN1c1coc2c(F)cccc12. The van der Waals surface area contributed by atoms with Crippen LogP contribution in [0.5, 0.6) is 0 Å². The summed E-state index contributed by atoms with van der Waals surface area (Å²) >= 11 is 0.752. The molecular formula is C13H9F4NO3S. The van der Waals surface area contributed by atoms with Gasteiger partial charge in [0.25, 0.3) is 5.24 Å². The average molecular weight is 335 g/mol. The Morgan fingerprint density at radius 2 is 2.18 bits per heavy atom. The van der Waals surface area contributed by atoms with Crippen molar-refractivity contribution in [1.82, 2.24) is 0 Å². The molecule has 1 atom stereocenters. The minimum absolute atomic E-state index is 0.00490. The van der Waals surface area contributed by atoms with E-state index in [-0.39, 0.29) is 12.1 Å². The molecule has 1 aliphatic rings. The number of alkyl halides is 3. The fourth-order valence-corrected chi connectivity index (χ4v) is 3.16. The maximum Gasteiger partial charge on any atom is 0.522 e. The van der Waals surface area contributed by atoms with Crippen LogP contribution in [-0.4, -0.2) is 30.0 Å². The molecule has 22 heavy (non-hydrogen) atoms. The van der Waals surface area contributed by atoms with Crippen LogP contribution in [-0.2, 0) is 4.74 Å². The summed E-state index contributed by atoms with van der Waals surface area (Å²) in [6.07, 6.45) is -3.51. The summed E-state index contributed by atoms with van der Waals surface area (Å²) in [7, 11) is 0. The Labute approximate surface area is 126 Å². The number of benzene rings is 1. The molecule has 0 saturated carbocycles. The van der Waals surface area contributed by atoms with Crippen LogP contribution in [0.4, 0.5) is 28.0 Å². The van der Waals surface area contributed by atoms with Crippen molar-refractivity contribution in [3.63, 3.8) is 0 Å². The summed E-state index contributed by atoms with van der Waals surface area (Å²) in [5.41, 5.74) is 0.340. The second kappa shape index (κ2) is 5.47. The van der Waals surface area contributed by atoms with Crippen LogP contribution in [0.15, 0.2) is 28.9 Å². The molecule has 1 amide bonds. The van der Waals surface area contributed by atoms with E-state index in [9.17, 15) is 22.4 Å². The minimum Gasteiger partial charge on any atom is -0.459 e. The lowest BCUT2D eigenvalue weighted by molar-refractivity contribution is -0.323. The van der Waals surface area contributed by atoms with Crippen LogP contribution in [0, 0.1) is 5.82 Å². The van der Waals surface area contributed by atoms with E-state index in [1.54, 1.807) is 6.07 Å². The van der Waals surface area contributed by atoms with Gasteiger partial charge in [0.1, 0.15) is 6.26 Å². The number of furan rings is 1. The predicted molar refractivity (Wildman–Crippen MR) is 72.3 cm³/mol. The molecule has 0 bridgehead atoms. The molecule has 0 aliphatic carbocycles. The zero-order valence-corrected chi connectivity index (χ0v) is 11.7. The lowest BCUT2D eigenvalue weighted by atomic mass is 10.2. The van der Waals surface area contributed by atoms with Gasteiger partial charge in [0.15, 0.2) is 11.4 Å².